The molecule has 84 valence electrons. The second-order valence-corrected chi connectivity index (χ2v) is 4.26. The number of benzene rings is 1. The van der Waals surface area contributed by atoms with Crippen LogP contribution in [0.2, 0.25) is 0 Å². The van der Waals surface area contributed by atoms with Crippen molar-refractivity contribution in [3.63, 3.8) is 0 Å². The monoisotopic (exact) mass is 218 g/mol. The second kappa shape index (κ2) is 3.79. The average Bonchev–Trinajstić information content (AvgIpc) is 2.84. The maximum Gasteiger partial charge on any atom is 0.394 e. The van der Waals surface area contributed by atoms with Crippen molar-refractivity contribution in [1.82, 2.24) is 4.98 Å². The molecule has 4 heteroatoms. The number of nitrogens with two attached hydrogens (primary N) is 1. The van der Waals surface area contributed by atoms with Crippen LogP contribution in [0.4, 0.5) is 0 Å². The molecule has 4 nitrogen and oxygen atoms in total. The number of oxazole rings is 1. The van der Waals surface area contributed by atoms with Crippen molar-refractivity contribution in [1.29, 1.82) is 0 Å². The summed E-state index contributed by atoms with van der Waals surface area (Å²) in [5.74, 6) is 0. The maximum absolute atomic E-state index is 5.82. The van der Waals surface area contributed by atoms with Gasteiger partial charge >= 0.3 is 6.08 Å². The zero-order chi connectivity index (χ0) is 11.0. The van der Waals surface area contributed by atoms with Crippen LogP contribution in [-0.4, -0.2) is 17.1 Å². The topological polar surface area (TPSA) is 61.3 Å². The van der Waals surface area contributed by atoms with E-state index in [1.165, 1.54) is 0 Å². The lowest BCUT2D eigenvalue weighted by molar-refractivity contribution is 0.155. The lowest BCUT2D eigenvalue weighted by Gasteiger charge is -2.08. The third-order valence-electron chi connectivity index (χ3n) is 2.97. The molecule has 1 aliphatic rings. The van der Waals surface area contributed by atoms with Crippen molar-refractivity contribution in [2.75, 3.05) is 0 Å². The molecule has 0 aliphatic heterocycles. The van der Waals surface area contributed by atoms with Gasteiger partial charge in [0, 0.05) is 6.04 Å². The first-order valence-corrected chi connectivity index (χ1v) is 5.59. The van der Waals surface area contributed by atoms with Gasteiger partial charge in [-0.05, 0) is 31.4 Å². The van der Waals surface area contributed by atoms with E-state index in [-0.39, 0.29) is 12.1 Å². The molecule has 1 heterocycles. The van der Waals surface area contributed by atoms with E-state index in [2.05, 4.69) is 4.98 Å². The van der Waals surface area contributed by atoms with Gasteiger partial charge in [0.2, 0.25) is 0 Å². The van der Waals surface area contributed by atoms with E-state index in [1.54, 1.807) is 0 Å². The third-order valence-corrected chi connectivity index (χ3v) is 2.97. The van der Waals surface area contributed by atoms with Crippen LogP contribution < -0.4 is 10.5 Å². The van der Waals surface area contributed by atoms with Gasteiger partial charge in [0.1, 0.15) is 11.6 Å². The van der Waals surface area contributed by atoms with Gasteiger partial charge in [0.05, 0.1) is 0 Å². The molecule has 3 rings (SSSR count). The highest BCUT2D eigenvalue weighted by molar-refractivity contribution is 5.72. The summed E-state index contributed by atoms with van der Waals surface area (Å²) in [5, 5.41) is 0. The molecule has 1 fully saturated rings. The average molecular weight is 218 g/mol. The predicted molar refractivity (Wildman–Crippen MR) is 60.3 cm³/mol. The fraction of sp³-hybridized carbons (Fsp3) is 0.417. The summed E-state index contributed by atoms with van der Waals surface area (Å²) in [6, 6.07) is 7.90. The Morgan fingerprint density at radius 2 is 2.19 bits per heavy atom. The molecule has 2 atom stereocenters. The van der Waals surface area contributed by atoms with Gasteiger partial charge < -0.3 is 14.9 Å². The molecule has 2 unspecified atom stereocenters. The van der Waals surface area contributed by atoms with Crippen molar-refractivity contribution in [2.45, 2.75) is 31.4 Å². The number of ether oxygens (including phenoxy) is 1. The summed E-state index contributed by atoms with van der Waals surface area (Å²) >= 11 is 0. The SMILES string of the molecule is NC1CCC(Oc2nc3ccccc3o2)C1. The zero-order valence-corrected chi connectivity index (χ0v) is 8.93. The van der Waals surface area contributed by atoms with Crippen LogP contribution in [0.25, 0.3) is 11.1 Å². The van der Waals surface area contributed by atoms with E-state index in [9.17, 15) is 0 Å². The minimum atomic E-state index is 0.156. The van der Waals surface area contributed by atoms with E-state index < -0.39 is 0 Å². The first-order chi connectivity index (χ1) is 7.81. The third kappa shape index (κ3) is 1.76. The van der Waals surface area contributed by atoms with E-state index in [0.29, 0.717) is 6.08 Å². The Bertz CT molecular complexity index is 461. The van der Waals surface area contributed by atoms with Gasteiger partial charge in [-0.1, -0.05) is 12.1 Å². The first kappa shape index (κ1) is 9.66. The van der Waals surface area contributed by atoms with Crippen molar-refractivity contribution >= 4 is 11.1 Å². The van der Waals surface area contributed by atoms with Crippen LogP contribution in [0.5, 0.6) is 6.08 Å². The standard InChI is InChI=1S/C12H14N2O2/c13-8-5-6-9(7-8)15-12-14-10-3-1-2-4-11(10)16-12/h1-4,8-9H,5-7,13H2. The predicted octanol–water partition coefficient (Wildman–Crippen LogP) is 2.09. The van der Waals surface area contributed by atoms with Gasteiger partial charge in [-0.3, -0.25) is 0 Å². The normalized spacial score (nSPS) is 25.1. The molecule has 2 N–H and O–H groups in total. The molecule has 0 bridgehead atoms. The summed E-state index contributed by atoms with van der Waals surface area (Å²) < 4.78 is 11.2. The number of hydrogen-bond donors (Lipinski definition) is 1. The molecule has 1 saturated carbocycles. The van der Waals surface area contributed by atoms with Gasteiger partial charge in [-0.2, -0.15) is 4.98 Å². The van der Waals surface area contributed by atoms with Crippen LogP contribution in [0.1, 0.15) is 19.3 Å². The van der Waals surface area contributed by atoms with Crippen LogP contribution in [0.15, 0.2) is 28.7 Å². The quantitative estimate of drug-likeness (QED) is 0.838. The number of rotatable bonds is 2. The molecule has 1 aliphatic carbocycles. The number of hydrogen-bond acceptors (Lipinski definition) is 4. The number of aromatic nitrogens is 1. The molecule has 0 radical (unpaired) electrons. The summed E-state index contributed by atoms with van der Waals surface area (Å²) in [5.41, 5.74) is 7.42. The smallest absolute Gasteiger partial charge is 0.394 e. The van der Waals surface area contributed by atoms with Gasteiger partial charge in [0.15, 0.2) is 5.58 Å². The molecule has 1 aromatic heterocycles. The molecular weight excluding hydrogens is 204 g/mol. The Balaban J connectivity index is 1.79. The summed E-state index contributed by atoms with van der Waals surface area (Å²) in [4.78, 5) is 4.27. The van der Waals surface area contributed by atoms with Gasteiger partial charge in [-0.25, -0.2) is 0 Å². The molecule has 0 saturated heterocycles. The number of fused-ring (bicyclic) bond motifs is 1. The fourth-order valence-electron chi connectivity index (χ4n) is 2.12. The lowest BCUT2D eigenvalue weighted by atomic mass is 10.3. The van der Waals surface area contributed by atoms with Crippen LogP contribution >= 0.6 is 0 Å². The Labute approximate surface area is 93.4 Å². The highest BCUT2D eigenvalue weighted by Gasteiger charge is 2.24. The highest BCUT2D eigenvalue weighted by Crippen LogP contribution is 2.25. The Morgan fingerprint density at radius 3 is 2.94 bits per heavy atom. The van der Waals surface area contributed by atoms with Crippen LogP contribution in [0, 0.1) is 0 Å². The summed E-state index contributed by atoms with van der Waals surface area (Å²) in [7, 11) is 0. The Hall–Kier alpha value is -1.55. The van der Waals surface area contributed by atoms with E-state index >= 15 is 0 Å². The Morgan fingerprint density at radius 1 is 1.31 bits per heavy atom. The molecule has 2 aromatic rings. The van der Waals surface area contributed by atoms with E-state index in [4.69, 9.17) is 14.9 Å². The van der Waals surface area contributed by atoms with Crippen molar-refractivity contribution in [2.24, 2.45) is 5.73 Å². The Kier molecular flexibility index (Phi) is 2.29. The van der Waals surface area contributed by atoms with Gasteiger partial charge in [-0.15, -0.1) is 0 Å². The number of nitrogens with zero attached hydrogens (tertiary/aromatic N) is 1. The van der Waals surface area contributed by atoms with Crippen molar-refractivity contribution < 1.29 is 9.15 Å². The molecular formula is C12H14N2O2. The summed E-state index contributed by atoms with van der Waals surface area (Å²) in [6.45, 7) is 0. The second-order valence-electron chi connectivity index (χ2n) is 4.26. The molecule has 0 spiro atoms. The minimum Gasteiger partial charge on any atom is -0.447 e. The zero-order valence-electron chi connectivity index (χ0n) is 8.93. The molecule has 1 aromatic carbocycles. The first-order valence-electron chi connectivity index (χ1n) is 5.59. The van der Waals surface area contributed by atoms with Crippen LogP contribution in [0.3, 0.4) is 0 Å². The maximum atomic E-state index is 5.82. The van der Waals surface area contributed by atoms with E-state index in [1.807, 2.05) is 24.3 Å². The van der Waals surface area contributed by atoms with Crippen LogP contribution in [-0.2, 0) is 0 Å². The highest BCUT2D eigenvalue weighted by atomic mass is 16.6. The summed E-state index contributed by atoms with van der Waals surface area (Å²) in [6.07, 6.45) is 3.41. The van der Waals surface area contributed by atoms with Gasteiger partial charge in [0.25, 0.3) is 0 Å². The lowest BCUT2D eigenvalue weighted by Crippen LogP contribution is -2.19. The van der Waals surface area contributed by atoms with Crippen molar-refractivity contribution in [3.05, 3.63) is 24.3 Å². The number of para-hydroxylation sites is 2. The molecule has 16 heavy (non-hydrogen) atoms. The fourth-order valence-corrected chi connectivity index (χ4v) is 2.12. The minimum absolute atomic E-state index is 0.156. The van der Waals surface area contributed by atoms with E-state index in [0.717, 1.165) is 30.4 Å². The largest absolute Gasteiger partial charge is 0.447 e. The van der Waals surface area contributed by atoms with Crippen molar-refractivity contribution in [3.8, 4) is 6.08 Å². The molecule has 0 amide bonds.